The number of anilines is 1. The molecule has 0 spiro atoms. The Morgan fingerprint density at radius 1 is 1.06 bits per heavy atom. The van der Waals surface area contributed by atoms with Crippen LogP contribution in [0.3, 0.4) is 0 Å². The van der Waals surface area contributed by atoms with E-state index in [0.717, 1.165) is 19.5 Å². The number of amides is 1. The summed E-state index contributed by atoms with van der Waals surface area (Å²) in [6, 6.07) is 19.5. The summed E-state index contributed by atoms with van der Waals surface area (Å²) in [5.74, 6) is 0.115. The van der Waals surface area contributed by atoms with Crippen molar-refractivity contribution >= 4 is 40.3 Å². The lowest BCUT2D eigenvalue weighted by molar-refractivity contribution is -0.671. The molecule has 0 saturated heterocycles. The molecule has 32 heavy (non-hydrogen) atoms. The van der Waals surface area contributed by atoms with Gasteiger partial charge in [-0.05, 0) is 36.3 Å². The number of nitrogens with zero attached hydrogens (tertiary/aromatic N) is 2. The summed E-state index contributed by atoms with van der Waals surface area (Å²) in [4.78, 5) is 15.3. The molecular weight excluding hydrogens is 414 g/mol. The molecule has 4 nitrogen and oxygen atoms in total. The zero-order valence-corrected chi connectivity index (χ0v) is 19.8. The van der Waals surface area contributed by atoms with Crippen molar-refractivity contribution in [3.05, 3.63) is 71.4 Å². The van der Waals surface area contributed by atoms with Crippen molar-refractivity contribution in [3.8, 4) is 0 Å². The number of nitrogens with one attached hydrogen (secondary N) is 1. The number of benzene rings is 2. The van der Waals surface area contributed by atoms with Crippen LogP contribution in [0, 0.1) is 0 Å². The minimum absolute atomic E-state index is 0.115. The maximum atomic E-state index is 11.5. The predicted molar refractivity (Wildman–Crippen MR) is 135 cm³/mol. The third kappa shape index (κ3) is 4.99. The molecule has 166 valence electrons. The van der Waals surface area contributed by atoms with E-state index < -0.39 is 0 Å². The van der Waals surface area contributed by atoms with Gasteiger partial charge in [0.05, 0.1) is 16.1 Å². The van der Waals surface area contributed by atoms with E-state index in [-0.39, 0.29) is 5.91 Å². The van der Waals surface area contributed by atoms with Crippen LogP contribution in [0.4, 0.5) is 5.69 Å². The smallest absolute Gasteiger partial charge is 0.219 e. The fraction of sp³-hybridized carbons (Fsp3) is 0.333. The van der Waals surface area contributed by atoms with Crippen molar-refractivity contribution in [2.75, 3.05) is 18.0 Å². The van der Waals surface area contributed by atoms with E-state index in [9.17, 15) is 4.79 Å². The maximum Gasteiger partial charge on any atom is 0.219 e. The Balaban J connectivity index is 1.61. The molecule has 1 aliphatic rings. The predicted octanol–water partition coefficient (Wildman–Crippen LogP) is 5.75. The molecule has 1 N–H and O–H groups in total. The van der Waals surface area contributed by atoms with Gasteiger partial charge in [0, 0.05) is 43.0 Å². The average Bonchev–Trinajstić information content (AvgIpc) is 3.18. The number of pyridine rings is 1. The molecule has 0 saturated carbocycles. The summed E-state index contributed by atoms with van der Waals surface area (Å²) in [5, 5.41) is 5.52. The number of aryl methyl sites for hydroxylation is 1. The largest absolute Gasteiger partial charge is 0.356 e. The highest BCUT2D eigenvalue weighted by Crippen LogP contribution is 2.46. The molecule has 0 fully saturated rings. The number of hydrogen-bond acceptors (Lipinski definition) is 3. The van der Waals surface area contributed by atoms with Crippen molar-refractivity contribution in [1.29, 1.82) is 0 Å². The second-order valence-corrected chi connectivity index (χ2v) is 9.16. The molecule has 0 atom stereocenters. The molecule has 0 radical (unpaired) electrons. The highest BCUT2D eigenvalue weighted by molar-refractivity contribution is 8.03. The lowest BCUT2D eigenvalue weighted by Crippen LogP contribution is -2.36. The highest BCUT2D eigenvalue weighted by Gasteiger charge is 2.24. The molecule has 3 aromatic rings. The number of para-hydroxylation sites is 2. The number of carbonyl (C=O) groups is 1. The normalized spacial score (nSPS) is 14.2. The van der Waals surface area contributed by atoms with Crippen molar-refractivity contribution in [3.63, 3.8) is 0 Å². The van der Waals surface area contributed by atoms with E-state index in [1.165, 1.54) is 44.9 Å². The van der Waals surface area contributed by atoms with Gasteiger partial charge in [-0.3, -0.25) is 4.79 Å². The van der Waals surface area contributed by atoms with E-state index >= 15 is 0 Å². The van der Waals surface area contributed by atoms with Gasteiger partial charge in [-0.15, -0.1) is 0 Å². The van der Waals surface area contributed by atoms with Gasteiger partial charge in [0.2, 0.25) is 11.4 Å². The van der Waals surface area contributed by atoms with Gasteiger partial charge in [-0.1, -0.05) is 56.3 Å². The monoisotopic (exact) mass is 446 g/mol. The number of unbranched alkanes of at least 4 members (excludes halogenated alkanes) is 1. The molecule has 2 aromatic carbocycles. The van der Waals surface area contributed by atoms with Crippen LogP contribution in [0.5, 0.6) is 0 Å². The van der Waals surface area contributed by atoms with Gasteiger partial charge < -0.3 is 10.2 Å². The van der Waals surface area contributed by atoms with Gasteiger partial charge in [-0.25, -0.2) is 0 Å². The number of fused-ring (bicyclic) bond motifs is 2. The van der Waals surface area contributed by atoms with Crippen molar-refractivity contribution < 1.29 is 9.36 Å². The van der Waals surface area contributed by atoms with Crippen LogP contribution >= 0.6 is 11.8 Å². The third-order valence-electron chi connectivity index (χ3n) is 5.83. The fourth-order valence-electron chi connectivity index (χ4n) is 4.07. The topological polar surface area (TPSA) is 36.2 Å². The molecule has 0 aliphatic carbocycles. The lowest BCUT2D eigenvalue weighted by atomic mass is 10.1. The Morgan fingerprint density at radius 3 is 2.72 bits per heavy atom. The van der Waals surface area contributed by atoms with Crippen LogP contribution in [-0.4, -0.2) is 19.0 Å². The minimum Gasteiger partial charge on any atom is -0.356 e. The van der Waals surface area contributed by atoms with Gasteiger partial charge in [-0.2, -0.15) is 4.57 Å². The second kappa shape index (κ2) is 10.7. The second-order valence-electron chi connectivity index (χ2n) is 8.10. The number of carbonyl (C=O) groups excluding carboxylic acids is 1. The van der Waals surface area contributed by atoms with E-state index in [2.05, 4.69) is 88.6 Å². The zero-order valence-electron chi connectivity index (χ0n) is 19.0. The Morgan fingerprint density at radius 2 is 1.88 bits per heavy atom. The van der Waals surface area contributed by atoms with E-state index in [1.54, 1.807) is 0 Å². The number of rotatable bonds is 9. The summed E-state index contributed by atoms with van der Waals surface area (Å²) in [6.07, 6.45) is 8.33. The lowest BCUT2D eigenvalue weighted by Gasteiger charge is -2.20. The number of hydrogen-bond donors (Lipinski definition) is 1. The van der Waals surface area contributed by atoms with Crippen LogP contribution < -0.4 is 14.8 Å². The first-order valence-corrected chi connectivity index (χ1v) is 12.5. The standard InChI is InChI=1S/C27H31N3OS/c1-3-5-18-30-24-13-8-9-14-25(24)32-27(30)20-21-15-19-29(17-10-16-28-26(31)4-2)23-12-7-6-11-22(21)23/h6-9,11-15,19-20H,3-5,10,16-18H2,1-2H3/p+1. The molecule has 0 unspecified atom stereocenters. The Hall–Kier alpha value is -2.79. The molecule has 4 rings (SSSR count). The van der Waals surface area contributed by atoms with Crippen LogP contribution in [-0.2, 0) is 11.3 Å². The average molecular weight is 447 g/mol. The molecule has 1 aromatic heterocycles. The summed E-state index contributed by atoms with van der Waals surface area (Å²) >= 11 is 1.86. The summed E-state index contributed by atoms with van der Waals surface area (Å²) < 4.78 is 2.29. The van der Waals surface area contributed by atoms with E-state index in [1.807, 2.05) is 18.7 Å². The molecule has 1 amide bonds. The quantitative estimate of drug-likeness (QED) is 0.336. The Kier molecular flexibility index (Phi) is 7.48. The molecule has 0 bridgehead atoms. The van der Waals surface area contributed by atoms with Crippen molar-refractivity contribution in [2.45, 2.75) is 51.0 Å². The highest BCUT2D eigenvalue weighted by atomic mass is 32.2. The SMILES string of the molecule is CCCCN1/C(=C/c2cc[n+](CCCNC(=O)CC)c3ccccc23)Sc2ccccc21. The number of thioether (sulfide) groups is 1. The molecule has 5 heteroatoms. The van der Waals surface area contributed by atoms with Gasteiger partial charge in [0.25, 0.3) is 0 Å². The molecular formula is C27H32N3OS+. The maximum absolute atomic E-state index is 11.5. The fourth-order valence-corrected chi connectivity index (χ4v) is 5.21. The summed E-state index contributed by atoms with van der Waals surface area (Å²) in [5.41, 5.74) is 3.79. The first-order valence-electron chi connectivity index (χ1n) is 11.6. The van der Waals surface area contributed by atoms with E-state index in [0.29, 0.717) is 13.0 Å². The third-order valence-corrected chi connectivity index (χ3v) is 6.94. The first kappa shape index (κ1) is 22.4. The van der Waals surface area contributed by atoms with E-state index in [4.69, 9.17) is 0 Å². The van der Waals surface area contributed by atoms with Gasteiger partial charge >= 0.3 is 0 Å². The van der Waals surface area contributed by atoms with Gasteiger partial charge in [0.15, 0.2) is 12.7 Å². The van der Waals surface area contributed by atoms with Crippen molar-refractivity contribution in [1.82, 2.24) is 5.32 Å². The zero-order chi connectivity index (χ0) is 22.3. The Bertz CT molecular complexity index is 1120. The minimum atomic E-state index is 0.115. The van der Waals surface area contributed by atoms with Crippen LogP contribution in [0.15, 0.2) is 70.7 Å². The van der Waals surface area contributed by atoms with Crippen molar-refractivity contribution in [2.24, 2.45) is 0 Å². The summed E-state index contributed by atoms with van der Waals surface area (Å²) in [6.45, 7) is 6.76. The summed E-state index contributed by atoms with van der Waals surface area (Å²) in [7, 11) is 0. The van der Waals surface area contributed by atoms with Crippen LogP contribution in [0.25, 0.3) is 17.0 Å². The first-order chi connectivity index (χ1) is 15.7. The van der Waals surface area contributed by atoms with Crippen LogP contribution in [0.1, 0.15) is 45.1 Å². The van der Waals surface area contributed by atoms with Crippen LogP contribution in [0.2, 0.25) is 0 Å². The number of aromatic nitrogens is 1. The molecule has 1 aliphatic heterocycles. The van der Waals surface area contributed by atoms with Gasteiger partial charge in [0.1, 0.15) is 0 Å². The Labute approximate surface area is 195 Å². The molecule has 2 heterocycles.